The average molecular weight is 475 g/mol. The molecule has 3 heterocycles. The van der Waals surface area contributed by atoms with Crippen LogP contribution in [-0.4, -0.2) is 59.9 Å². The highest BCUT2D eigenvalue weighted by Gasteiger charge is 2.53. The second-order valence-electron chi connectivity index (χ2n) is 8.21. The van der Waals surface area contributed by atoms with E-state index < -0.39 is 11.0 Å². The van der Waals surface area contributed by atoms with Crippen molar-refractivity contribution in [3.8, 4) is 0 Å². The number of rotatable bonds is 4. The van der Waals surface area contributed by atoms with E-state index in [1.54, 1.807) is 17.0 Å². The van der Waals surface area contributed by atoms with Gasteiger partial charge in [0, 0.05) is 45.2 Å². The summed E-state index contributed by atoms with van der Waals surface area (Å²) in [6.45, 7) is 3.74. The highest BCUT2D eigenvalue weighted by Crippen LogP contribution is 2.52. The second kappa shape index (κ2) is 8.56. The van der Waals surface area contributed by atoms with Gasteiger partial charge in [-0.15, -0.1) is 11.6 Å². The molecule has 2 aromatic rings. The molecular formula is C23H24Cl2N4O3. The van der Waals surface area contributed by atoms with Crippen LogP contribution in [0.3, 0.4) is 0 Å². The predicted octanol–water partition coefficient (Wildman–Crippen LogP) is 3.05. The van der Waals surface area contributed by atoms with Gasteiger partial charge in [0.2, 0.25) is 5.91 Å². The number of piperazine rings is 1. The van der Waals surface area contributed by atoms with Gasteiger partial charge in [0.05, 0.1) is 10.7 Å². The number of likely N-dealkylation sites (tertiary alicyclic amines) is 1. The van der Waals surface area contributed by atoms with Crippen molar-refractivity contribution in [2.45, 2.75) is 23.8 Å². The number of aliphatic hydroxyl groups is 1. The Labute approximate surface area is 196 Å². The first-order valence-corrected chi connectivity index (χ1v) is 11.5. The van der Waals surface area contributed by atoms with E-state index in [9.17, 15) is 9.90 Å². The molecular weight excluding hydrogens is 451 g/mol. The number of carbonyl (C=O) groups is 1. The normalized spacial score (nSPS) is 26.7. The largest absolute Gasteiger partial charge is 0.386 e. The zero-order valence-electron chi connectivity index (χ0n) is 17.4. The Kier molecular flexibility index (Phi) is 5.75. The fraction of sp³-hybridized carbons (Fsp3) is 0.391. The Morgan fingerprint density at radius 3 is 2.62 bits per heavy atom. The molecule has 1 aromatic heterocycles. The van der Waals surface area contributed by atoms with Gasteiger partial charge in [0.25, 0.3) is 0 Å². The fourth-order valence-electron chi connectivity index (χ4n) is 4.61. The monoisotopic (exact) mass is 474 g/mol. The number of nitrogens with one attached hydrogen (secondary N) is 1. The summed E-state index contributed by atoms with van der Waals surface area (Å²) in [5, 5.41) is 19.5. The number of alkyl halides is 1. The lowest BCUT2D eigenvalue weighted by molar-refractivity contribution is -0.126. The molecule has 32 heavy (non-hydrogen) atoms. The smallest absolute Gasteiger partial charge is 0.226 e. The van der Waals surface area contributed by atoms with Crippen LogP contribution in [0.5, 0.6) is 0 Å². The minimum Gasteiger partial charge on any atom is -0.386 e. The van der Waals surface area contributed by atoms with Gasteiger partial charge in [0.15, 0.2) is 16.5 Å². The Morgan fingerprint density at radius 1 is 1.19 bits per heavy atom. The number of aromatic nitrogens is 1. The third-order valence-electron chi connectivity index (χ3n) is 6.27. The van der Waals surface area contributed by atoms with Crippen LogP contribution in [0.25, 0.3) is 5.57 Å². The number of amides is 1. The molecule has 1 aliphatic carbocycles. The first-order chi connectivity index (χ1) is 15.5. The van der Waals surface area contributed by atoms with E-state index >= 15 is 0 Å². The molecule has 168 valence electrons. The maximum atomic E-state index is 12.7. The molecule has 1 amide bonds. The summed E-state index contributed by atoms with van der Waals surface area (Å²) in [5.41, 5.74) is 1.69. The van der Waals surface area contributed by atoms with Crippen molar-refractivity contribution in [2.24, 2.45) is 0 Å². The van der Waals surface area contributed by atoms with E-state index in [2.05, 4.69) is 15.4 Å². The van der Waals surface area contributed by atoms with Crippen molar-refractivity contribution in [3.05, 3.63) is 64.5 Å². The molecule has 2 unspecified atom stereocenters. The SMILES string of the molecule is O=C1CCCN1C1=C(Cl)C=C(c2ccccc2)C(O)C1(Cl)c1cc(N2CCNCC2)no1. The van der Waals surface area contributed by atoms with Crippen molar-refractivity contribution in [3.63, 3.8) is 0 Å². The van der Waals surface area contributed by atoms with Crippen LogP contribution >= 0.6 is 23.2 Å². The molecule has 1 aromatic carbocycles. The number of halogens is 2. The van der Waals surface area contributed by atoms with E-state index in [0.717, 1.165) is 31.7 Å². The molecule has 0 saturated carbocycles. The quantitative estimate of drug-likeness (QED) is 0.662. The van der Waals surface area contributed by atoms with Crippen LogP contribution in [0.2, 0.25) is 0 Å². The first-order valence-electron chi connectivity index (χ1n) is 10.8. The molecule has 5 rings (SSSR count). The Morgan fingerprint density at radius 2 is 1.94 bits per heavy atom. The van der Waals surface area contributed by atoms with E-state index in [4.69, 9.17) is 27.7 Å². The van der Waals surface area contributed by atoms with E-state index in [1.165, 1.54) is 0 Å². The van der Waals surface area contributed by atoms with Crippen LogP contribution in [0.4, 0.5) is 5.82 Å². The van der Waals surface area contributed by atoms with Crippen LogP contribution < -0.4 is 10.2 Å². The number of aliphatic hydroxyl groups excluding tert-OH is 1. The molecule has 2 atom stereocenters. The van der Waals surface area contributed by atoms with Crippen molar-refractivity contribution in [1.82, 2.24) is 15.4 Å². The molecule has 2 N–H and O–H groups in total. The van der Waals surface area contributed by atoms with E-state index in [-0.39, 0.29) is 11.7 Å². The molecule has 0 bridgehead atoms. The van der Waals surface area contributed by atoms with Gasteiger partial charge in [-0.25, -0.2) is 0 Å². The summed E-state index contributed by atoms with van der Waals surface area (Å²) in [6, 6.07) is 11.2. The van der Waals surface area contributed by atoms with Crippen molar-refractivity contribution in [1.29, 1.82) is 0 Å². The lowest BCUT2D eigenvalue weighted by Gasteiger charge is -2.40. The molecule has 0 radical (unpaired) electrons. The third-order valence-corrected chi connectivity index (χ3v) is 7.13. The van der Waals surface area contributed by atoms with E-state index in [0.29, 0.717) is 41.5 Å². The van der Waals surface area contributed by atoms with Crippen molar-refractivity contribution in [2.75, 3.05) is 37.6 Å². The molecule has 0 spiro atoms. The topological polar surface area (TPSA) is 81.8 Å². The average Bonchev–Trinajstić information content (AvgIpc) is 3.48. The van der Waals surface area contributed by atoms with Crippen molar-refractivity contribution < 1.29 is 14.4 Å². The summed E-state index contributed by atoms with van der Waals surface area (Å²) >= 11 is 14.0. The highest BCUT2D eigenvalue weighted by molar-refractivity contribution is 6.35. The summed E-state index contributed by atoms with van der Waals surface area (Å²) < 4.78 is 5.73. The third kappa shape index (κ3) is 3.53. The van der Waals surface area contributed by atoms with Gasteiger partial charge in [0.1, 0.15) is 6.10 Å². The van der Waals surface area contributed by atoms with Crippen LogP contribution in [0.1, 0.15) is 24.2 Å². The van der Waals surface area contributed by atoms with Gasteiger partial charge in [-0.3, -0.25) is 4.79 Å². The summed E-state index contributed by atoms with van der Waals surface area (Å²) in [6.07, 6.45) is 1.60. The minimum atomic E-state index is -1.60. The number of carbonyl (C=O) groups excluding carboxylic acids is 1. The Balaban J connectivity index is 1.63. The number of anilines is 1. The predicted molar refractivity (Wildman–Crippen MR) is 123 cm³/mol. The number of nitrogens with zero attached hydrogens (tertiary/aromatic N) is 3. The number of hydrogen-bond donors (Lipinski definition) is 2. The number of benzene rings is 1. The van der Waals surface area contributed by atoms with Gasteiger partial charge in [-0.05, 0) is 23.6 Å². The lowest BCUT2D eigenvalue weighted by atomic mass is 9.81. The highest BCUT2D eigenvalue weighted by atomic mass is 35.5. The number of allylic oxidation sites excluding steroid dienone is 2. The molecule has 2 aliphatic heterocycles. The van der Waals surface area contributed by atoms with Gasteiger partial charge in [-0.2, -0.15) is 0 Å². The zero-order chi connectivity index (χ0) is 22.3. The summed E-state index contributed by atoms with van der Waals surface area (Å²) in [7, 11) is 0. The Bertz CT molecular complexity index is 1080. The van der Waals surface area contributed by atoms with Crippen LogP contribution in [-0.2, 0) is 9.67 Å². The molecule has 9 heteroatoms. The first kappa shape index (κ1) is 21.5. The maximum absolute atomic E-state index is 12.7. The van der Waals surface area contributed by atoms with Crippen molar-refractivity contribution >= 4 is 40.5 Å². The van der Waals surface area contributed by atoms with Gasteiger partial charge >= 0.3 is 0 Å². The van der Waals surface area contributed by atoms with Gasteiger partial charge < -0.3 is 24.7 Å². The Hall–Kier alpha value is -2.32. The minimum absolute atomic E-state index is 0.0752. The molecule has 2 fully saturated rings. The van der Waals surface area contributed by atoms with Crippen LogP contribution in [0.15, 0.2) is 57.7 Å². The summed E-state index contributed by atoms with van der Waals surface area (Å²) in [5.74, 6) is 0.830. The molecule has 7 nitrogen and oxygen atoms in total. The van der Waals surface area contributed by atoms with Gasteiger partial charge in [-0.1, -0.05) is 47.1 Å². The molecule has 2 saturated heterocycles. The second-order valence-corrected chi connectivity index (χ2v) is 9.22. The standard InChI is InChI=1S/C23H24Cl2N4O3/c24-17-13-16(15-5-2-1-3-6-15)22(31)23(25,21(17)29-10-4-7-20(29)30)18-14-19(27-32-18)28-11-8-26-9-12-28/h1-3,5-6,13-14,22,26,31H,4,7-12H2. The zero-order valence-corrected chi connectivity index (χ0v) is 18.9. The van der Waals surface area contributed by atoms with E-state index in [1.807, 2.05) is 30.3 Å². The summed E-state index contributed by atoms with van der Waals surface area (Å²) in [4.78, 5) is 14.7. The number of hydrogen-bond acceptors (Lipinski definition) is 6. The lowest BCUT2D eigenvalue weighted by Crippen LogP contribution is -2.46. The van der Waals surface area contributed by atoms with Crippen LogP contribution in [0, 0.1) is 0 Å². The fourth-order valence-corrected chi connectivity index (χ4v) is 5.44. The maximum Gasteiger partial charge on any atom is 0.226 e. The molecule has 3 aliphatic rings.